The molecule has 0 unspecified atom stereocenters. The summed E-state index contributed by atoms with van der Waals surface area (Å²) in [6.07, 6.45) is -0.0449. The number of amides is 3. The van der Waals surface area contributed by atoms with E-state index in [0.29, 0.717) is 45.0 Å². The van der Waals surface area contributed by atoms with Crippen molar-refractivity contribution in [3.05, 3.63) is 42.1 Å². The minimum absolute atomic E-state index is 0.163. The minimum atomic E-state index is -0.363. The molecule has 1 aromatic carbocycles. The fourth-order valence-electron chi connectivity index (χ4n) is 3.04. The summed E-state index contributed by atoms with van der Waals surface area (Å²) in [5.41, 5.74) is 0.981. The molecule has 1 aliphatic heterocycles. The number of nitrogens with one attached hydrogen (secondary N) is 1. The first-order chi connectivity index (χ1) is 14.0. The molecule has 0 saturated carbocycles. The predicted octanol–water partition coefficient (Wildman–Crippen LogP) is 2.14. The lowest BCUT2D eigenvalue weighted by molar-refractivity contribution is -0.115. The molecule has 2 heterocycles. The van der Waals surface area contributed by atoms with Crippen LogP contribution in [-0.2, 0) is 9.53 Å². The Morgan fingerprint density at radius 2 is 1.69 bits per heavy atom. The zero-order valence-electron chi connectivity index (χ0n) is 16.6. The maximum Gasteiger partial charge on any atom is 0.409 e. The van der Waals surface area contributed by atoms with Crippen LogP contribution in [0.4, 0.5) is 10.6 Å². The molecule has 9 heteroatoms. The fraction of sp³-hybridized carbons (Fsp3) is 0.400. The van der Waals surface area contributed by atoms with Crippen molar-refractivity contribution in [1.82, 2.24) is 19.6 Å². The van der Waals surface area contributed by atoms with Crippen molar-refractivity contribution >= 4 is 23.7 Å². The molecule has 0 spiro atoms. The Balaban J connectivity index is 1.77. The molecule has 29 heavy (non-hydrogen) atoms. The van der Waals surface area contributed by atoms with Crippen LogP contribution < -0.4 is 5.32 Å². The van der Waals surface area contributed by atoms with Crippen LogP contribution in [0.2, 0.25) is 0 Å². The van der Waals surface area contributed by atoms with Gasteiger partial charge in [-0.05, 0) is 19.1 Å². The molecule has 154 valence electrons. The van der Waals surface area contributed by atoms with E-state index in [4.69, 9.17) is 4.74 Å². The quantitative estimate of drug-likeness (QED) is 0.831. The highest BCUT2D eigenvalue weighted by Gasteiger charge is 2.27. The molecule has 3 rings (SSSR count). The molecule has 1 aromatic heterocycles. The van der Waals surface area contributed by atoms with E-state index >= 15 is 0 Å². The van der Waals surface area contributed by atoms with Gasteiger partial charge in [0.05, 0.1) is 12.3 Å². The molecule has 1 N–H and O–H groups in total. The topological polar surface area (TPSA) is 96.8 Å². The number of hydrogen-bond donors (Lipinski definition) is 1. The Labute approximate surface area is 169 Å². The van der Waals surface area contributed by atoms with E-state index in [1.807, 2.05) is 30.3 Å². The Hall–Kier alpha value is -3.36. The smallest absolute Gasteiger partial charge is 0.409 e. The standard InChI is InChI=1S/C20H25N5O4/c1-3-18(26)21-17-14-16(22-25(17)15-8-6-5-7-9-15)19(27)23-10-12-24(13-11-23)20(28)29-4-2/h5-9,14H,3-4,10-13H2,1-2H3,(H,21,26). The number of hydrogen-bond acceptors (Lipinski definition) is 5. The molecular formula is C20H25N5O4. The van der Waals surface area contributed by atoms with Gasteiger partial charge >= 0.3 is 6.09 Å². The summed E-state index contributed by atoms with van der Waals surface area (Å²) in [5, 5.41) is 7.23. The Bertz CT molecular complexity index is 872. The van der Waals surface area contributed by atoms with Gasteiger partial charge < -0.3 is 19.9 Å². The molecule has 0 atom stereocenters. The van der Waals surface area contributed by atoms with Gasteiger partial charge in [-0.1, -0.05) is 25.1 Å². The molecule has 9 nitrogen and oxygen atoms in total. The Morgan fingerprint density at radius 1 is 1.03 bits per heavy atom. The van der Waals surface area contributed by atoms with Gasteiger partial charge in [0.25, 0.3) is 5.91 Å². The second-order valence-electron chi connectivity index (χ2n) is 6.54. The summed E-state index contributed by atoms with van der Waals surface area (Å²) >= 11 is 0. The number of benzene rings is 1. The highest BCUT2D eigenvalue weighted by molar-refractivity contribution is 5.95. The molecule has 2 aromatic rings. The van der Waals surface area contributed by atoms with Gasteiger partial charge in [-0.3, -0.25) is 9.59 Å². The third-order valence-corrected chi connectivity index (χ3v) is 4.61. The van der Waals surface area contributed by atoms with Crippen LogP contribution in [-0.4, -0.2) is 70.3 Å². The first-order valence-electron chi connectivity index (χ1n) is 9.69. The average Bonchev–Trinajstić information content (AvgIpc) is 3.17. The third kappa shape index (κ3) is 4.74. The van der Waals surface area contributed by atoms with Crippen LogP contribution >= 0.6 is 0 Å². The van der Waals surface area contributed by atoms with Crippen molar-refractivity contribution in [3.63, 3.8) is 0 Å². The third-order valence-electron chi connectivity index (χ3n) is 4.61. The molecule has 0 aliphatic carbocycles. The van der Waals surface area contributed by atoms with Crippen LogP contribution in [0.1, 0.15) is 30.8 Å². The lowest BCUT2D eigenvalue weighted by Gasteiger charge is -2.33. The molecule has 3 amide bonds. The molecule has 1 fully saturated rings. The monoisotopic (exact) mass is 399 g/mol. The van der Waals surface area contributed by atoms with Crippen LogP contribution in [0.15, 0.2) is 36.4 Å². The van der Waals surface area contributed by atoms with Crippen LogP contribution in [0.5, 0.6) is 0 Å². The van der Waals surface area contributed by atoms with Crippen molar-refractivity contribution in [3.8, 4) is 5.69 Å². The SMILES string of the molecule is CCOC(=O)N1CCN(C(=O)c2cc(NC(=O)CC)n(-c3ccccc3)n2)CC1. The first kappa shape index (κ1) is 20.4. The van der Waals surface area contributed by atoms with Crippen LogP contribution in [0, 0.1) is 0 Å². The maximum atomic E-state index is 13.0. The second kappa shape index (κ2) is 9.22. The summed E-state index contributed by atoms with van der Waals surface area (Å²) in [5.74, 6) is 0.0378. The number of nitrogens with zero attached hydrogens (tertiary/aromatic N) is 4. The predicted molar refractivity (Wildman–Crippen MR) is 107 cm³/mol. The number of rotatable bonds is 5. The zero-order valence-corrected chi connectivity index (χ0v) is 16.6. The number of para-hydroxylation sites is 1. The number of carbonyl (C=O) groups excluding carboxylic acids is 3. The van der Waals surface area contributed by atoms with Crippen LogP contribution in [0.25, 0.3) is 5.69 Å². The first-order valence-corrected chi connectivity index (χ1v) is 9.69. The van der Waals surface area contributed by atoms with Gasteiger partial charge in [0.1, 0.15) is 5.82 Å². The summed E-state index contributed by atoms with van der Waals surface area (Å²) in [6, 6.07) is 10.9. The summed E-state index contributed by atoms with van der Waals surface area (Å²) in [6.45, 7) is 5.44. The summed E-state index contributed by atoms with van der Waals surface area (Å²) in [7, 11) is 0. The normalized spacial score (nSPS) is 13.9. The number of aromatic nitrogens is 2. The number of anilines is 1. The van der Waals surface area contributed by atoms with E-state index in [9.17, 15) is 14.4 Å². The molecular weight excluding hydrogens is 374 g/mol. The van der Waals surface area contributed by atoms with Crippen LogP contribution in [0.3, 0.4) is 0 Å². The van der Waals surface area contributed by atoms with Gasteiger partial charge in [0, 0.05) is 38.7 Å². The summed E-state index contributed by atoms with van der Waals surface area (Å²) < 4.78 is 6.56. The van der Waals surface area contributed by atoms with E-state index in [-0.39, 0.29) is 23.6 Å². The Kier molecular flexibility index (Phi) is 6.48. The number of ether oxygens (including phenoxy) is 1. The van der Waals surface area contributed by atoms with Gasteiger partial charge in [-0.25, -0.2) is 9.48 Å². The average molecular weight is 399 g/mol. The van der Waals surface area contributed by atoms with E-state index in [1.165, 1.54) is 0 Å². The fourth-order valence-corrected chi connectivity index (χ4v) is 3.04. The highest BCUT2D eigenvalue weighted by atomic mass is 16.6. The zero-order chi connectivity index (χ0) is 20.8. The van der Waals surface area contributed by atoms with E-state index in [2.05, 4.69) is 10.4 Å². The molecule has 0 bridgehead atoms. The number of carbonyl (C=O) groups is 3. The van der Waals surface area contributed by atoms with Crippen molar-refractivity contribution in [2.24, 2.45) is 0 Å². The van der Waals surface area contributed by atoms with Gasteiger partial charge in [-0.2, -0.15) is 5.10 Å². The summed E-state index contributed by atoms with van der Waals surface area (Å²) in [4.78, 5) is 39.9. The van der Waals surface area contributed by atoms with Crippen molar-refractivity contribution in [2.75, 3.05) is 38.1 Å². The lowest BCUT2D eigenvalue weighted by Crippen LogP contribution is -2.50. The minimum Gasteiger partial charge on any atom is -0.450 e. The van der Waals surface area contributed by atoms with Gasteiger partial charge in [-0.15, -0.1) is 0 Å². The van der Waals surface area contributed by atoms with E-state index in [0.717, 1.165) is 5.69 Å². The van der Waals surface area contributed by atoms with E-state index in [1.54, 1.807) is 34.4 Å². The molecule has 1 aliphatic rings. The Morgan fingerprint density at radius 3 is 2.31 bits per heavy atom. The largest absolute Gasteiger partial charge is 0.450 e. The second-order valence-corrected chi connectivity index (χ2v) is 6.54. The molecule has 1 saturated heterocycles. The van der Waals surface area contributed by atoms with Crippen molar-refractivity contribution < 1.29 is 19.1 Å². The number of piperazine rings is 1. The van der Waals surface area contributed by atoms with Crippen molar-refractivity contribution in [1.29, 1.82) is 0 Å². The molecule has 0 radical (unpaired) electrons. The van der Waals surface area contributed by atoms with E-state index < -0.39 is 0 Å². The van der Waals surface area contributed by atoms with Gasteiger partial charge in [0.2, 0.25) is 5.91 Å². The van der Waals surface area contributed by atoms with Gasteiger partial charge in [0.15, 0.2) is 5.69 Å². The van der Waals surface area contributed by atoms with Crippen molar-refractivity contribution in [2.45, 2.75) is 20.3 Å². The highest BCUT2D eigenvalue weighted by Crippen LogP contribution is 2.19. The lowest BCUT2D eigenvalue weighted by atomic mass is 10.3. The maximum absolute atomic E-state index is 13.0.